The maximum absolute atomic E-state index is 13.6. The molecule has 0 saturated heterocycles. The Kier molecular flexibility index (Phi) is 7.47. The van der Waals surface area contributed by atoms with Crippen LogP contribution in [-0.4, -0.2) is 27.8 Å². The Morgan fingerprint density at radius 2 is 1.73 bits per heavy atom. The molecular weight excluding hydrogens is 485 g/mol. The molecular formula is C27H27F3N4O3. The number of carbonyl (C=O) groups excluding carboxylic acids is 2. The molecule has 2 N–H and O–H groups in total. The van der Waals surface area contributed by atoms with Gasteiger partial charge in [-0.2, -0.15) is 13.2 Å². The van der Waals surface area contributed by atoms with Crippen LogP contribution >= 0.6 is 0 Å². The third-order valence-electron chi connectivity index (χ3n) is 6.07. The number of halogens is 3. The molecule has 3 aromatic rings. The summed E-state index contributed by atoms with van der Waals surface area (Å²) in [6.45, 7) is 3.72. The number of aromatic nitrogens is 2. The van der Waals surface area contributed by atoms with Gasteiger partial charge in [-0.3, -0.25) is 9.59 Å². The van der Waals surface area contributed by atoms with E-state index in [1.54, 1.807) is 38.1 Å². The monoisotopic (exact) mass is 512 g/mol. The van der Waals surface area contributed by atoms with Gasteiger partial charge in [0.15, 0.2) is 5.78 Å². The molecule has 0 radical (unpaired) electrons. The van der Waals surface area contributed by atoms with Crippen molar-refractivity contribution in [1.82, 2.24) is 15.3 Å². The summed E-state index contributed by atoms with van der Waals surface area (Å²) in [5.74, 6) is -0.227. The van der Waals surface area contributed by atoms with E-state index in [0.29, 0.717) is 24.1 Å². The highest BCUT2D eigenvalue weighted by atomic mass is 19.4. The molecule has 1 aliphatic rings. The number of ketones is 1. The van der Waals surface area contributed by atoms with Crippen LogP contribution in [0.25, 0.3) is 0 Å². The second kappa shape index (κ2) is 10.6. The molecule has 0 spiro atoms. The van der Waals surface area contributed by atoms with Crippen molar-refractivity contribution in [3.8, 4) is 5.75 Å². The first kappa shape index (κ1) is 26.1. The Morgan fingerprint density at radius 1 is 1.05 bits per heavy atom. The minimum absolute atomic E-state index is 0.0891. The first-order chi connectivity index (χ1) is 17.6. The van der Waals surface area contributed by atoms with E-state index < -0.39 is 17.2 Å². The lowest BCUT2D eigenvalue weighted by Crippen LogP contribution is -2.33. The van der Waals surface area contributed by atoms with Crippen LogP contribution in [0.1, 0.15) is 54.6 Å². The highest BCUT2D eigenvalue weighted by molar-refractivity contribution is 6.00. The number of hydrogen-bond acceptors (Lipinski definition) is 6. The first-order valence-corrected chi connectivity index (χ1v) is 11.9. The highest BCUT2D eigenvalue weighted by Gasteiger charge is 2.51. The largest absolute Gasteiger partial charge is 0.491 e. The maximum Gasteiger partial charge on any atom is 0.418 e. The van der Waals surface area contributed by atoms with Gasteiger partial charge in [-0.25, -0.2) is 9.97 Å². The fourth-order valence-corrected chi connectivity index (χ4v) is 3.93. The lowest BCUT2D eigenvalue weighted by atomic mass is 9.95. The molecule has 0 unspecified atom stereocenters. The number of nitrogens with zero attached hydrogens (tertiary/aromatic N) is 2. The molecule has 0 aliphatic heterocycles. The number of benzene rings is 2. The molecule has 1 fully saturated rings. The van der Waals surface area contributed by atoms with E-state index in [2.05, 4.69) is 20.6 Å². The molecule has 2 aromatic carbocycles. The Hall–Kier alpha value is -3.95. The summed E-state index contributed by atoms with van der Waals surface area (Å²) in [4.78, 5) is 32.9. The number of rotatable bonds is 10. The predicted molar refractivity (Wildman–Crippen MR) is 131 cm³/mol. The number of anilines is 2. The Balaban J connectivity index is 1.36. The molecule has 0 atom stereocenters. The van der Waals surface area contributed by atoms with E-state index in [-0.39, 0.29) is 42.2 Å². The molecule has 1 aromatic heterocycles. The third kappa shape index (κ3) is 6.63. The first-order valence-electron chi connectivity index (χ1n) is 11.9. The lowest BCUT2D eigenvalue weighted by molar-refractivity contribution is -0.137. The van der Waals surface area contributed by atoms with E-state index >= 15 is 0 Å². The van der Waals surface area contributed by atoms with Crippen molar-refractivity contribution in [2.75, 3.05) is 5.32 Å². The van der Waals surface area contributed by atoms with Crippen molar-refractivity contribution in [2.24, 2.45) is 5.41 Å². The van der Waals surface area contributed by atoms with Crippen molar-refractivity contribution < 1.29 is 27.5 Å². The molecule has 1 amide bonds. The molecule has 1 saturated carbocycles. The predicted octanol–water partition coefficient (Wildman–Crippen LogP) is 5.70. The van der Waals surface area contributed by atoms with Gasteiger partial charge in [-0.05, 0) is 62.6 Å². The fraction of sp³-hybridized carbons (Fsp3) is 0.333. The van der Waals surface area contributed by atoms with Crippen molar-refractivity contribution in [3.63, 3.8) is 0 Å². The number of amides is 1. The average Bonchev–Trinajstić information content (AvgIpc) is 3.64. The number of carbonyl (C=O) groups is 2. The maximum atomic E-state index is 13.6. The molecule has 10 heteroatoms. The summed E-state index contributed by atoms with van der Waals surface area (Å²) < 4.78 is 46.3. The van der Waals surface area contributed by atoms with E-state index in [4.69, 9.17) is 4.74 Å². The highest BCUT2D eigenvalue weighted by Crippen LogP contribution is 2.49. The molecule has 7 nitrogen and oxygen atoms in total. The van der Waals surface area contributed by atoms with Crippen LogP contribution in [0.2, 0.25) is 0 Å². The van der Waals surface area contributed by atoms with Crippen LogP contribution in [0.4, 0.5) is 24.5 Å². The van der Waals surface area contributed by atoms with Gasteiger partial charge in [0.05, 0.1) is 28.3 Å². The molecule has 194 valence electrons. The molecule has 1 heterocycles. The molecule has 1 aliphatic carbocycles. The Labute approximate surface area is 212 Å². The van der Waals surface area contributed by atoms with Crippen molar-refractivity contribution in [2.45, 2.75) is 51.9 Å². The van der Waals surface area contributed by atoms with Crippen molar-refractivity contribution in [1.29, 1.82) is 0 Å². The van der Waals surface area contributed by atoms with Crippen molar-refractivity contribution in [3.05, 3.63) is 77.9 Å². The normalized spacial score (nSPS) is 14.2. The lowest BCUT2D eigenvalue weighted by Gasteiger charge is -2.18. The summed E-state index contributed by atoms with van der Waals surface area (Å²) in [7, 11) is 0. The molecule has 0 bridgehead atoms. The van der Waals surface area contributed by atoms with Crippen LogP contribution in [0.5, 0.6) is 5.75 Å². The van der Waals surface area contributed by atoms with Crippen LogP contribution in [-0.2, 0) is 17.5 Å². The second-order valence-electron chi connectivity index (χ2n) is 9.38. The van der Waals surface area contributed by atoms with Crippen molar-refractivity contribution >= 4 is 23.1 Å². The number of alkyl halides is 3. The quantitative estimate of drug-likeness (QED) is 0.339. The van der Waals surface area contributed by atoms with Crippen LogP contribution < -0.4 is 15.4 Å². The number of hydrogen-bond donors (Lipinski definition) is 2. The minimum Gasteiger partial charge on any atom is -0.491 e. The fourth-order valence-electron chi connectivity index (χ4n) is 3.93. The van der Waals surface area contributed by atoms with Gasteiger partial charge < -0.3 is 15.4 Å². The third-order valence-corrected chi connectivity index (χ3v) is 6.07. The van der Waals surface area contributed by atoms with Gasteiger partial charge in [0, 0.05) is 31.0 Å². The van der Waals surface area contributed by atoms with Crippen LogP contribution in [0, 0.1) is 5.41 Å². The van der Waals surface area contributed by atoms with Gasteiger partial charge in [0.25, 0.3) is 0 Å². The van der Waals surface area contributed by atoms with Gasteiger partial charge in [0.1, 0.15) is 12.1 Å². The summed E-state index contributed by atoms with van der Waals surface area (Å²) in [6.07, 6.45) is 0.753. The van der Waals surface area contributed by atoms with Crippen LogP contribution in [0.15, 0.2) is 61.2 Å². The standard InChI is InChI=1S/C27H27F3N4O3/c1-17(2)37-21-7-8-23(22(11-21)27(28,29)30)34-20-5-3-18(4-6-20)13-33-25(36)26(9-10-26)12-24(35)19-14-31-16-32-15-19/h3-8,11,14-17,34H,9-10,12-13H2,1-2H3,(H,33,36). The van der Waals surface area contributed by atoms with E-state index in [0.717, 1.165) is 11.6 Å². The van der Waals surface area contributed by atoms with E-state index in [1.807, 2.05) is 0 Å². The second-order valence-corrected chi connectivity index (χ2v) is 9.38. The zero-order chi connectivity index (χ0) is 26.6. The zero-order valence-corrected chi connectivity index (χ0v) is 20.4. The van der Waals surface area contributed by atoms with Gasteiger partial charge >= 0.3 is 6.18 Å². The SMILES string of the molecule is CC(C)Oc1ccc(Nc2ccc(CNC(=O)C3(CC(=O)c4cncnc4)CC3)cc2)c(C(F)(F)F)c1. The average molecular weight is 513 g/mol. The smallest absolute Gasteiger partial charge is 0.418 e. The molecule has 4 rings (SSSR count). The van der Waals surface area contributed by atoms with E-state index in [9.17, 15) is 22.8 Å². The summed E-state index contributed by atoms with van der Waals surface area (Å²) in [6, 6.07) is 10.5. The zero-order valence-electron chi connectivity index (χ0n) is 20.4. The van der Waals surface area contributed by atoms with Gasteiger partial charge in [-0.1, -0.05) is 12.1 Å². The number of Topliss-reactive ketones (excluding diaryl/α,β-unsaturated/α-hetero) is 1. The van der Waals surface area contributed by atoms with Gasteiger partial charge in [0.2, 0.25) is 5.91 Å². The minimum atomic E-state index is -4.56. The van der Waals surface area contributed by atoms with Gasteiger partial charge in [-0.15, -0.1) is 0 Å². The molecule has 37 heavy (non-hydrogen) atoms. The topological polar surface area (TPSA) is 93.2 Å². The summed E-state index contributed by atoms with van der Waals surface area (Å²) in [5, 5.41) is 5.69. The Bertz CT molecular complexity index is 1260. The number of ether oxygens (including phenoxy) is 1. The van der Waals surface area contributed by atoms with Crippen LogP contribution in [0.3, 0.4) is 0 Å². The summed E-state index contributed by atoms with van der Waals surface area (Å²) >= 11 is 0. The Morgan fingerprint density at radius 3 is 2.32 bits per heavy atom. The van der Waals surface area contributed by atoms with E-state index in [1.165, 1.54) is 30.9 Å². The number of nitrogens with one attached hydrogen (secondary N) is 2. The summed E-state index contributed by atoms with van der Waals surface area (Å²) in [5.41, 5.74) is -0.0161.